The van der Waals surface area contributed by atoms with Gasteiger partial charge in [-0.25, -0.2) is 0 Å². The quantitative estimate of drug-likeness (QED) is 0.891. The molecule has 1 heterocycles. The van der Waals surface area contributed by atoms with Crippen molar-refractivity contribution in [3.63, 3.8) is 0 Å². The molecule has 0 saturated heterocycles. The second kappa shape index (κ2) is 6.00. The van der Waals surface area contributed by atoms with E-state index in [0.29, 0.717) is 5.92 Å². The van der Waals surface area contributed by atoms with Crippen LogP contribution in [0.15, 0.2) is 35.5 Å². The van der Waals surface area contributed by atoms with Gasteiger partial charge in [0.15, 0.2) is 0 Å². The molecule has 124 valence electrons. The van der Waals surface area contributed by atoms with Crippen molar-refractivity contribution in [3.8, 4) is 5.75 Å². The van der Waals surface area contributed by atoms with Crippen LogP contribution in [0.2, 0.25) is 0 Å². The van der Waals surface area contributed by atoms with Crippen molar-refractivity contribution >= 4 is 17.6 Å². The van der Waals surface area contributed by atoms with Crippen molar-refractivity contribution in [2.75, 3.05) is 11.5 Å². The van der Waals surface area contributed by atoms with Crippen molar-refractivity contribution < 1.29 is 9.84 Å². The first-order chi connectivity index (χ1) is 10.9. The van der Waals surface area contributed by atoms with Crippen molar-refractivity contribution in [2.45, 2.75) is 51.7 Å². The second-order valence-electron chi connectivity index (χ2n) is 7.36. The standard InChI is InChI=1S/C19H26N2O2/c1-13(2)7-8-23-16-5-6-18-17(9-16)20-12-14(3)21(18)15-10-19(4,22)11-15/h5-6,9,12-13,15,22H,3,7-8,10-11H2,1-2,4H3. The van der Waals surface area contributed by atoms with Gasteiger partial charge in [-0.1, -0.05) is 20.4 Å². The molecular weight excluding hydrogens is 288 g/mol. The van der Waals surface area contributed by atoms with Crippen LogP contribution >= 0.6 is 0 Å². The van der Waals surface area contributed by atoms with E-state index in [2.05, 4.69) is 36.4 Å². The summed E-state index contributed by atoms with van der Waals surface area (Å²) in [6.07, 6.45) is 4.35. The smallest absolute Gasteiger partial charge is 0.121 e. The van der Waals surface area contributed by atoms with Gasteiger partial charge < -0.3 is 14.7 Å². The lowest BCUT2D eigenvalue weighted by Gasteiger charge is -2.48. The third-order valence-corrected chi connectivity index (χ3v) is 4.55. The van der Waals surface area contributed by atoms with E-state index in [0.717, 1.165) is 48.7 Å². The summed E-state index contributed by atoms with van der Waals surface area (Å²) in [5.74, 6) is 1.49. The van der Waals surface area contributed by atoms with Crippen LogP contribution in [0.5, 0.6) is 5.75 Å². The molecule has 1 aliphatic carbocycles. The maximum absolute atomic E-state index is 10.0. The molecule has 1 fully saturated rings. The van der Waals surface area contributed by atoms with E-state index < -0.39 is 5.60 Å². The summed E-state index contributed by atoms with van der Waals surface area (Å²) in [6, 6.07) is 6.32. The van der Waals surface area contributed by atoms with Gasteiger partial charge in [-0.15, -0.1) is 0 Å². The Balaban J connectivity index is 1.75. The highest BCUT2D eigenvalue weighted by atomic mass is 16.5. The Morgan fingerprint density at radius 1 is 1.43 bits per heavy atom. The third kappa shape index (κ3) is 3.42. The Hall–Kier alpha value is -1.81. The molecule has 23 heavy (non-hydrogen) atoms. The molecule has 1 aliphatic heterocycles. The first-order valence-corrected chi connectivity index (χ1v) is 8.37. The van der Waals surface area contributed by atoms with Crippen molar-refractivity contribution in [3.05, 3.63) is 30.5 Å². The number of fused-ring (bicyclic) bond motifs is 1. The van der Waals surface area contributed by atoms with Crippen LogP contribution in [0, 0.1) is 5.92 Å². The van der Waals surface area contributed by atoms with Crippen LogP contribution in [0.4, 0.5) is 11.4 Å². The van der Waals surface area contributed by atoms with Gasteiger partial charge in [0.25, 0.3) is 0 Å². The van der Waals surface area contributed by atoms with Gasteiger partial charge in [0, 0.05) is 12.1 Å². The maximum atomic E-state index is 10.0. The molecule has 1 saturated carbocycles. The molecule has 1 aromatic carbocycles. The van der Waals surface area contributed by atoms with Gasteiger partial charge in [0.1, 0.15) is 5.75 Å². The van der Waals surface area contributed by atoms with Crippen molar-refractivity contribution in [1.82, 2.24) is 0 Å². The van der Waals surface area contributed by atoms with E-state index in [1.54, 1.807) is 6.21 Å². The Kier molecular flexibility index (Phi) is 4.19. The number of anilines is 1. The van der Waals surface area contributed by atoms with E-state index in [9.17, 15) is 5.11 Å². The molecule has 0 bridgehead atoms. The van der Waals surface area contributed by atoms with E-state index in [-0.39, 0.29) is 6.04 Å². The SMILES string of the molecule is C=C1C=Nc2cc(OCCC(C)C)ccc2N1C1CC(C)(O)C1. The summed E-state index contributed by atoms with van der Waals surface area (Å²) in [7, 11) is 0. The van der Waals surface area contributed by atoms with Crippen LogP contribution in [0.1, 0.15) is 40.0 Å². The van der Waals surface area contributed by atoms with Crippen molar-refractivity contribution in [2.24, 2.45) is 10.9 Å². The Morgan fingerprint density at radius 2 is 2.17 bits per heavy atom. The Labute approximate surface area is 138 Å². The summed E-state index contributed by atoms with van der Waals surface area (Å²) in [5.41, 5.74) is 2.28. The number of ether oxygens (including phenoxy) is 1. The summed E-state index contributed by atoms with van der Waals surface area (Å²) >= 11 is 0. The van der Waals surface area contributed by atoms with Crippen LogP contribution < -0.4 is 9.64 Å². The van der Waals surface area contributed by atoms with Gasteiger partial charge >= 0.3 is 0 Å². The average Bonchev–Trinajstić information content (AvgIpc) is 2.44. The fraction of sp³-hybridized carbons (Fsp3) is 0.526. The molecule has 0 atom stereocenters. The molecular formula is C19H26N2O2. The first kappa shape index (κ1) is 16.1. The first-order valence-electron chi connectivity index (χ1n) is 8.37. The molecule has 0 unspecified atom stereocenters. The van der Waals surface area contributed by atoms with E-state index in [4.69, 9.17) is 4.74 Å². The number of rotatable bonds is 5. The summed E-state index contributed by atoms with van der Waals surface area (Å²) in [4.78, 5) is 6.69. The van der Waals surface area contributed by atoms with E-state index in [1.807, 2.05) is 19.1 Å². The number of nitrogens with zero attached hydrogens (tertiary/aromatic N) is 2. The van der Waals surface area contributed by atoms with Crippen LogP contribution in [-0.4, -0.2) is 29.6 Å². The molecule has 0 amide bonds. The lowest BCUT2D eigenvalue weighted by Crippen LogP contribution is -2.53. The topological polar surface area (TPSA) is 45.1 Å². The number of benzene rings is 1. The van der Waals surface area contributed by atoms with E-state index >= 15 is 0 Å². The normalized spacial score (nSPS) is 26.2. The van der Waals surface area contributed by atoms with Gasteiger partial charge in [-0.3, -0.25) is 4.99 Å². The fourth-order valence-corrected chi connectivity index (χ4v) is 3.24. The number of aliphatic imine (C=N–C) groups is 1. The van der Waals surface area contributed by atoms with Crippen molar-refractivity contribution in [1.29, 1.82) is 0 Å². The third-order valence-electron chi connectivity index (χ3n) is 4.55. The number of hydrogen-bond acceptors (Lipinski definition) is 4. The minimum atomic E-state index is -0.556. The highest BCUT2D eigenvalue weighted by Crippen LogP contribution is 2.44. The number of hydrogen-bond donors (Lipinski definition) is 1. The average molecular weight is 314 g/mol. The highest BCUT2D eigenvalue weighted by Gasteiger charge is 2.43. The summed E-state index contributed by atoms with van der Waals surface area (Å²) in [6.45, 7) is 11.1. The predicted octanol–water partition coefficient (Wildman–Crippen LogP) is 4.06. The molecule has 0 radical (unpaired) electrons. The molecule has 0 spiro atoms. The predicted molar refractivity (Wildman–Crippen MR) is 94.8 cm³/mol. The lowest BCUT2D eigenvalue weighted by atomic mass is 9.76. The largest absolute Gasteiger partial charge is 0.494 e. The van der Waals surface area contributed by atoms with Crippen LogP contribution in [0.25, 0.3) is 0 Å². The minimum Gasteiger partial charge on any atom is -0.494 e. The molecule has 2 aliphatic rings. The molecule has 0 aromatic heterocycles. The zero-order valence-electron chi connectivity index (χ0n) is 14.2. The number of aliphatic hydroxyl groups is 1. The highest BCUT2D eigenvalue weighted by molar-refractivity contribution is 5.93. The number of allylic oxidation sites excluding steroid dienone is 1. The molecule has 4 heteroatoms. The Bertz CT molecular complexity index is 626. The molecule has 4 nitrogen and oxygen atoms in total. The van der Waals surface area contributed by atoms with Crippen LogP contribution in [-0.2, 0) is 0 Å². The lowest BCUT2D eigenvalue weighted by molar-refractivity contribution is -0.0291. The van der Waals surface area contributed by atoms with Gasteiger partial charge in [0.05, 0.1) is 35.5 Å². The zero-order valence-corrected chi connectivity index (χ0v) is 14.2. The van der Waals surface area contributed by atoms with Crippen LogP contribution in [0.3, 0.4) is 0 Å². The van der Waals surface area contributed by atoms with Gasteiger partial charge in [-0.05, 0) is 44.2 Å². The second-order valence-corrected chi connectivity index (χ2v) is 7.36. The molecule has 3 rings (SSSR count). The maximum Gasteiger partial charge on any atom is 0.121 e. The summed E-state index contributed by atoms with van der Waals surface area (Å²) in [5, 5.41) is 10.0. The Morgan fingerprint density at radius 3 is 2.83 bits per heavy atom. The molecule has 1 N–H and O–H groups in total. The van der Waals surface area contributed by atoms with E-state index in [1.165, 1.54) is 0 Å². The van der Waals surface area contributed by atoms with Gasteiger partial charge in [0.2, 0.25) is 0 Å². The zero-order chi connectivity index (χ0) is 16.6. The monoisotopic (exact) mass is 314 g/mol. The van der Waals surface area contributed by atoms with Gasteiger partial charge in [-0.2, -0.15) is 0 Å². The fourth-order valence-electron chi connectivity index (χ4n) is 3.24. The summed E-state index contributed by atoms with van der Waals surface area (Å²) < 4.78 is 5.82. The molecule has 1 aromatic rings. The minimum absolute atomic E-state index is 0.288.